The summed E-state index contributed by atoms with van der Waals surface area (Å²) in [5, 5.41) is 11.2. The summed E-state index contributed by atoms with van der Waals surface area (Å²) in [6, 6.07) is 4.16. The van der Waals surface area contributed by atoms with Gasteiger partial charge in [0.15, 0.2) is 5.16 Å². The number of thiophene rings is 1. The molecular weight excluding hydrogens is 294 g/mol. The van der Waals surface area contributed by atoms with Crippen LogP contribution in [0.4, 0.5) is 5.95 Å². The van der Waals surface area contributed by atoms with Crippen molar-refractivity contribution in [1.82, 2.24) is 20.1 Å². The minimum Gasteiger partial charge on any atom is -0.368 e. The fraction of sp³-hybridized carbons (Fsp3) is 0.417. The Hall–Kier alpha value is -1.54. The first-order chi connectivity index (χ1) is 9.60. The van der Waals surface area contributed by atoms with Gasteiger partial charge < -0.3 is 11.1 Å². The lowest BCUT2D eigenvalue weighted by Gasteiger charge is -2.03. The molecule has 0 spiro atoms. The number of aromatic nitrogens is 3. The van der Waals surface area contributed by atoms with Crippen LogP contribution in [0.3, 0.4) is 0 Å². The molecule has 20 heavy (non-hydrogen) atoms. The van der Waals surface area contributed by atoms with E-state index in [1.807, 2.05) is 0 Å². The number of nitrogens with zero attached hydrogens (tertiary/aromatic N) is 3. The van der Waals surface area contributed by atoms with E-state index in [0.717, 1.165) is 6.42 Å². The molecule has 108 valence electrons. The molecule has 0 aromatic carbocycles. The predicted molar refractivity (Wildman–Crippen MR) is 81.7 cm³/mol. The number of amides is 1. The van der Waals surface area contributed by atoms with Crippen molar-refractivity contribution in [3.63, 3.8) is 0 Å². The Kier molecular flexibility index (Phi) is 5.02. The molecule has 0 bridgehead atoms. The van der Waals surface area contributed by atoms with Crippen molar-refractivity contribution < 1.29 is 4.79 Å². The number of nitrogens with one attached hydrogen (secondary N) is 1. The highest BCUT2D eigenvalue weighted by molar-refractivity contribution is 7.99. The molecule has 2 rings (SSSR count). The summed E-state index contributed by atoms with van der Waals surface area (Å²) in [5.74, 6) is 0.624. The second-order valence-electron chi connectivity index (χ2n) is 4.19. The van der Waals surface area contributed by atoms with Gasteiger partial charge >= 0.3 is 0 Å². The summed E-state index contributed by atoms with van der Waals surface area (Å²) < 4.78 is 1.66. The SMILES string of the molecule is CCc1ccc(CNC(=O)CSc2nnc(N)n2C)s1. The molecule has 3 N–H and O–H groups in total. The average molecular weight is 311 g/mol. The second kappa shape index (κ2) is 6.76. The first-order valence-corrected chi connectivity index (χ1v) is 8.02. The van der Waals surface area contributed by atoms with E-state index in [4.69, 9.17) is 5.73 Å². The normalized spacial score (nSPS) is 10.7. The van der Waals surface area contributed by atoms with Crippen LogP contribution in [0.15, 0.2) is 17.3 Å². The van der Waals surface area contributed by atoms with Gasteiger partial charge in [-0.2, -0.15) is 0 Å². The minimum absolute atomic E-state index is 0.0250. The van der Waals surface area contributed by atoms with Crippen LogP contribution in [0.1, 0.15) is 16.7 Å². The van der Waals surface area contributed by atoms with Crippen molar-refractivity contribution in [3.8, 4) is 0 Å². The molecule has 1 amide bonds. The Labute approximate surface area is 125 Å². The summed E-state index contributed by atoms with van der Waals surface area (Å²) >= 11 is 3.05. The van der Waals surface area contributed by atoms with Gasteiger partial charge in [0.1, 0.15) is 0 Å². The zero-order chi connectivity index (χ0) is 14.5. The van der Waals surface area contributed by atoms with E-state index in [2.05, 4.69) is 34.6 Å². The lowest BCUT2D eigenvalue weighted by Crippen LogP contribution is -2.24. The summed E-state index contributed by atoms with van der Waals surface area (Å²) in [7, 11) is 1.77. The van der Waals surface area contributed by atoms with Crippen molar-refractivity contribution in [3.05, 3.63) is 21.9 Å². The number of nitrogens with two attached hydrogens (primary N) is 1. The van der Waals surface area contributed by atoms with Crippen LogP contribution >= 0.6 is 23.1 Å². The third-order valence-corrected chi connectivity index (χ3v) is 4.98. The van der Waals surface area contributed by atoms with Crippen molar-refractivity contribution in [1.29, 1.82) is 0 Å². The van der Waals surface area contributed by atoms with E-state index in [9.17, 15) is 4.79 Å². The highest BCUT2D eigenvalue weighted by Crippen LogP contribution is 2.17. The molecule has 2 aromatic heterocycles. The molecule has 8 heteroatoms. The second-order valence-corrected chi connectivity index (χ2v) is 6.38. The van der Waals surface area contributed by atoms with E-state index in [1.54, 1.807) is 23.0 Å². The van der Waals surface area contributed by atoms with Crippen molar-refractivity contribution >= 4 is 35.0 Å². The molecule has 0 unspecified atom stereocenters. The van der Waals surface area contributed by atoms with E-state index < -0.39 is 0 Å². The average Bonchev–Trinajstić information content (AvgIpc) is 3.03. The van der Waals surface area contributed by atoms with E-state index in [1.165, 1.54) is 21.5 Å². The van der Waals surface area contributed by atoms with Gasteiger partial charge in [0.2, 0.25) is 11.9 Å². The third kappa shape index (κ3) is 3.73. The van der Waals surface area contributed by atoms with Gasteiger partial charge in [0, 0.05) is 16.8 Å². The van der Waals surface area contributed by atoms with Crippen LogP contribution < -0.4 is 11.1 Å². The van der Waals surface area contributed by atoms with E-state index in [-0.39, 0.29) is 5.91 Å². The van der Waals surface area contributed by atoms with Crippen LogP contribution in [-0.2, 0) is 24.8 Å². The molecule has 6 nitrogen and oxygen atoms in total. The molecule has 0 aliphatic rings. The smallest absolute Gasteiger partial charge is 0.230 e. The zero-order valence-electron chi connectivity index (χ0n) is 11.4. The molecule has 0 saturated heterocycles. The number of rotatable bonds is 6. The lowest BCUT2D eigenvalue weighted by atomic mass is 10.3. The van der Waals surface area contributed by atoms with E-state index in [0.29, 0.717) is 23.4 Å². The first-order valence-electron chi connectivity index (χ1n) is 6.22. The minimum atomic E-state index is -0.0250. The largest absolute Gasteiger partial charge is 0.368 e. The topological polar surface area (TPSA) is 85.8 Å². The molecule has 0 atom stereocenters. The Morgan fingerprint density at radius 2 is 2.20 bits per heavy atom. The fourth-order valence-electron chi connectivity index (χ4n) is 1.53. The maximum atomic E-state index is 11.8. The van der Waals surface area contributed by atoms with Crippen molar-refractivity contribution in [2.75, 3.05) is 11.5 Å². The van der Waals surface area contributed by atoms with Gasteiger partial charge in [-0.3, -0.25) is 9.36 Å². The Morgan fingerprint density at radius 1 is 1.45 bits per heavy atom. The summed E-state index contributed by atoms with van der Waals surface area (Å²) in [4.78, 5) is 14.3. The highest BCUT2D eigenvalue weighted by atomic mass is 32.2. The molecule has 2 aromatic rings. The zero-order valence-corrected chi connectivity index (χ0v) is 13.1. The van der Waals surface area contributed by atoms with Gasteiger partial charge in [-0.05, 0) is 18.6 Å². The fourth-order valence-corrected chi connectivity index (χ4v) is 3.17. The monoisotopic (exact) mass is 311 g/mol. The summed E-state index contributed by atoms with van der Waals surface area (Å²) in [5.41, 5.74) is 5.57. The van der Waals surface area contributed by atoms with Gasteiger partial charge in [0.05, 0.1) is 12.3 Å². The number of aryl methyl sites for hydroxylation is 1. The highest BCUT2D eigenvalue weighted by Gasteiger charge is 2.09. The molecule has 2 heterocycles. The van der Waals surface area contributed by atoms with Gasteiger partial charge in [-0.15, -0.1) is 21.5 Å². The number of nitrogen functional groups attached to an aromatic ring is 1. The van der Waals surface area contributed by atoms with Crippen LogP contribution in [0.5, 0.6) is 0 Å². The summed E-state index contributed by atoms with van der Waals surface area (Å²) in [6.45, 7) is 2.70. The maximum Gasteiger partial charge on any atom is 0.230 e. The van der Waals surface area contributed by atoms with E-state index >= 15 is 0 Å². The Bertz CT molecular complexity index is 592. The van der Waals surface area contributed by atoms with Crippen LogP contribution in [0.25, 0.3) is 0 Å². The molecule has 0 fully saturated rings. The number of thioether (sulfide) groups is 1. The molecule has 0 aliphatic heterocycles. The number of carbonyl (C=O) groups is 1. The standard InChI is InChI=1S/C12H17N5OS2/c1-3-8-4-5-9(20-8)6-14-10(18)7-19-12-16-15-11(13)17(12)2/h4-5H,3,6-7H2,1-2H3,(H2,13,15)(H,14,18). The first kappa shape index (κ1) is 14.9. The Balaban J connectivity index is 1.77. The molecule has 0 saturated carbocycles. The number of hydrogen-bond donors (Lipinski definition) is 2. The van der Waals surface area contributed by atoms with Crippen molar-refractivity contribution in [2.24, 2.45) is 7.05 Å². The van der Waals surface area contributed by atoms with Gasteiger partial charge in [-0.1, -0.05) is 18.7 Å². The quantitative estimate of drug-likeness (QED) is 0.788. The third-order valence-electron chi connectivity index (χ3n) is 2.73. The predicted octanol–water partition coefficient (Wildman–Crippen LogP) is 1.43. The lowest BCUT2D eigenvalue weighted by molar-refractivity contribution is -0.118. The van der Waals surface area contributed by atoms with Crippen LogP contribution in [0.2, 0.25) is 0 Å². The number of carbonyl (C=O) groups excluding carboxylic acids is 1. The van der Waals surface area contributed by atoms with Gasteiger partial charge in [0.25, 0.3) is 0 Å². The van der Waals surface area contributed by atoms with Crippen LogP contribution in [0, 0.1) is 0 Å². The van der Waals surface area contributed by atoms with Gasteiger partial charge in [-0.25, -0.2) is 0 Å². The van der Waals surface area contributed by atoms with Crippen LogP contribution in [-0.4, -0.2) is 26.4 Å². The molecular formula is C12H17N5OS2. The molecule has 0 aliphatic carbocycles. The Morgan fingerprint density at radius 3 is 2.80 bits per heavy atom. The number of hydrogen-bond acceptors (Lipinski definition) is 6. The summed E-state index contributed by atoms with van der Waals surface area (Å²) in [6.07, 6.45) is 1.03. The molecule has 0 radical (unpaired) electrons. The maximum absolute atomic E-state index is 11.8. The van der Waals surface area contributed by atoms with Crippen molar-refractivity contribution in [2.45, 2.75) is 25.0 Å². The number of anilines is 1.